The molecule has 1 heterocycles. The van der Waals surface area contributed by atoms with Crippen LogP contribution in [-0.2, 0) is 10.3 Å². The molecular weight excluding hydrogens is 164 g/mol. The molecule has 0 aliphatic rings. The van der Waals surface area contributed by atoms with Crippen LogP contribution in [0.3, 0.4) is 0 Å². The Labute approximate surface area is 78.8 Å². The Morgan fingerprint density at radius 3 is 2.54 bits per heavy atom. The second-order valence-corrected chi connectivity index (χ2v) is 4.31. The van der Waals surface area contributed by atoms with Crippen molar-refractivity contribution in [1.82, 2.24) is 9.78 Å². The molecule has 0 radical (unpaired) electrons. The van der Waals surface area contributed by atoms with Gasteiger partial charge in [0.05, 0.1) is 11.7 Å². The average molecular weight is 180 g/mol. The van der Waals surface area contributed by atoms with E-state index in [4.69, 9.17) is 0 Å². The first-order valence-electron chi connectivity index (χ1n) is 4.45. The van der Waals surface area contributed by atoms with Crippen LogP contribution >= 0.6 is 0 Å². The van der Waals surface area contributed by atoms with Gasteiger partial charge in [-0.2, -0.15) is 5.10 Å². The summed E-state index contributed by atoms with van der Waals surface area (Å²) in [6.07, 6.45) is 4.62. The molecule has 1 atom stereocenters. The molecule has 1 rings (SSSR count). The van der Waals surface area contributed by atoms with E-state index >= 15 is 0 Å². The van der Waals surface area contributed by atoms with Gasteiger partial charge in [0, 0.05) is 12.1 Å². The number of hydrogen-bond donors (Lipinski definition) is 0. The van der Waals surface area contributed by atoms with Crippen LogP contribution in [0, 0.1) is 0 Å². The molecule has 0 aromatic carbocycles. The number of rotatable bonds is 2. The Bertz CT molecular complexity index is 296. The van der Waals surface area contributed by atoms with Gasteiger partial charge in [0.25, 0.3) is 0 Å². The molecule has 0 amide bonds. The molecule has 0 saturated heterocycles. The maximum Gasteiger partial charge on any atom is 0.127 e. The number of aromatic nitrogens is 2. The molecule has 13 heavy (non-hydrogen) atoms. The third-order valence-electron chi connectivity index (χ3n) is 2.02. The summed E-state index contributed by atoms with van der Waals surface area (Å²) in [6, 6.07) is 0. The van der Waals surface area contributed by atoms with Gasteiger partial charge < -0.3 is 4.79 Å². The Kier molecular flexibility index (Phi) is 2.55. The van der Waals surface area contributed by atoms with E-state index in [0.717, 1.165) is 11.8 Å². The average Bonchev–Trinajstić information content (AvgIpc) is 2.50. The van der Waals surface area contributed by atoms with Gasteiger partial charge in [-0.1, -0.05) is 6.92 Å². The highest BCUT2D eigenvalue weighted by Gasteiger charge is 2.15. The molecule has 0 saturated carbocycles. The van der Waals surface area contributed by atoms with Crippen molar-refractivity contribution in [1.29, 1.82) is 0 Å². The number of nitrogens with zero attached hydrogens (tertiary/aromatic N) is 2. The van der Waals surface area contributed by atoms with Crippen molar-refractivity contribution in [3.8, 4) is 0 Å². The molecule has 3 heteroatoms. The highest BCUT2D eigenvalue weighted by molar-refractivity contribution is 5.60. The minimum absolute atomic E-state index is 0.0130. The minimum atomic E-state index is -0.0592. The molecule has 0 fully saturated rings. The predicted octanol–water partition coefficient (Wildman–Crippen LogP) is 1.94. The molecule has 0 spiro atoms. The van der Waals surface area contributed by atoms with Crippen LogP contribution in [0.1, 0.15) is 39.2 Å². The Hall–Kier alpha value is -1.12. The number of carbonyl (C=O) groups excluding carboxylic acids is 1. The first kappa shape index (κ1) is 9.96. The summed E-state index contributed by atoms with van der Waals surface area (Å²) in [4.78, 5) is 10.5. The normalized spacial score (nSPS) is 14.2. The molecule has 0 N–H and O–H groups in total. The van der Waals surface area contributed by atoms with E-state index in [1.165, 1.54) is 0 Å². The van der Waals surface area contributed by atoms with Gasteiger partial charge >= 0.3 is 0 Å². The maximum absolute atomic E-state index is 10.5. The summed E-state index contributed by atoms with van der Waals surface area (Å²) in [5, 5.41) is 4.21. The first-order valence-corrected chi connectivity index (χ1v) is 4.45. The SMILES string of the molecule is CC(C=O)c1cnn(C(C)(C)C)c1. The fourth-order valence-corrected chi connectivity index (χ4v) is 1.02. The van der Waals surface area contributed by atoms with E-state index in [-0.39, 0.29) is 11.5 Å². The monoisotopic (exact) mass is 180 g/mol. The van der Waals surface area contributed by atoms with Crippen molar-refractivity contribution >= 4 is 6.29 Å². The summed E-state index contributed by atoms with van der Waals surface area (Å²) in [5.74, 6) is -0.0592. The third kappa shape index (κ3) is 2.17. The summed E-state index contributed by atoms with van der Waals surface area (Å²) in [7, 11) is 0. The molecule has 1 aromatic heterocycles. The van der Waals surface area contributed by atoms with Crippen molar-refractivity contribution < 1.29 is 4.79 Å². The Morgan fingerprint density at radius 1 is 1.54 bits per heavy atom. The molecule has 0 aliphatic heterocycles. The Balaban J connectivity index is 2.93. The largest absolute Gasteiger partial charge is 0.303 e. The smallest absolute Gasteiger partial charge is 0.127 e. The summed E-state index contributed by atoms with van der Waals surface area (Å²) in [5.41, 5.74) is 0.964. The quantitative estimate of drug-likeness (QED) is 0.652. The lowest BCUT2D eigenvalue weighted by Gasteiger charge is -2.18. The van der Waals surface area contributed by atoms with Gasteiger partial charge in [0.15, 0.2) is 0 Å². The molecule has 72 valence electrons. The van der Waals surface area contributed by atoms with Crippen LogP contribution in [0.15, 0.2) is 12.4 Å². The number of hydrogen-bond acceptors (Lipinski definition) is 2. The lowest BCUT2D eigenvalue weighted by atomic mass is 10.1. The zero-order valence-electron chi connectivity index (χ0n) is 8.61. The lowest BCUT2D eigenvalue weighted by Crippen LogP contribution is -2.21. The minimum Gasteiger partial charge on any atom is -0.303 e. The standard InChI is InChI=1S/C10H16N2O/c1-8(7-13)9-5-11-12(6-9)10(2,3)4/h5-8H,1-4H3. The first-order chi connectivity index (χ1) is 5.95. The third-order valence-corrected chi connectivity index (χ3v) is 2.02. The van der Waals surface area contributed by atoms with Crippen LogP contribution in [0.25, 0.3) is 0 Å². The van der Waals surface area contributed by atoms with Crippen LogP contribution < -0.4 is 0 Å². The number of aldehydes is 1. The summed E-state index contributed by atoms with van der Waals surface area (Å²) in [6.45, 7) is 8.11. The van der Waals surface area contributed by atoms with Gasteiger partial charge in [-0.15, -0.1) is 0 Å². The van der Waals surface area contributed by atoms with Crippen LogP contribution in [0.4, 0.5) is 0 Å². The molecule has 1 unspecified atom stereocenters. The van der Waals surface area contributed by atoms with Gasteiger partial charge in [0.1, 0.15) is 6.29 Å². The van der Waals surface area contributed by atoms with Crippen molar-refractivity contribution in [3.05, 3.63) is 18.0 Å². The second kappa shape index (κ2) is 3.32. The van der Waals surface area contributed by atoms with Crippen molar-refractivity contribution in [2.24, 2.45) is 0 Å². The molecule has 0 aliphatic carbocycles. The van der Waals surface area contributed by atoms with Crippen molar-refractivity contribution in [2.45, 2.75) is 39.2 Å². The van der Waals surface area contributed by atoms with E-state index in [9.17, 15) is 4.79 Å². The lowest BCUT2D eigenvalue weighted by molar-refractivity contribution is -0.108. The Morgan fingerprint density at radius 2 is 2.15 bits per heavy atom. The fraction of sp³-hybridized carbons (Fsp3) is 0.600. The van der Waals surface area contributed by atoms with Crippen LogP contribution in [-0.4, -0.2) is 16.1 Å². The van der Waals surface area contributed by atoms with Crippen molar-refractivity contribution in [3.63, 3.8) is 0 Å². The van der Waals surface area contributed by atoms with E-state index in [1.807, 2.05) is 17.8 Å². The predicted molar refractivity (Wildman–Crippen MR) is 51.7 cm³/mol. The molecule has 0 bridgehead atoms. The van der Waals surface area contributed by atoms with Crippen LogP contribution in [0.5, 0.6) is 0 Å². The zero-order chi connectivity index (χ0) is 10.1. The second-order valence-electron chi connectivity index (χ2n) is 4.31. The summed E-state index contributed by atoms with van der Waals surface area (Å²) >= 11 is 0. The highest BCUT2D eigenvalue weighted by Crippen LogP contribution is 2.17. The fourth-order valence-electron chi connectivity index (χ4n) is 1.02. The van der Waals surface area contributed by atoms with Crippen molar-refractivity contribution in [2.75, 3.05) is 0 Å². The van der Waals surface area contributed by atoms with E-state index < -0.39 is 0 Å². The van der Waals surface area contributed by atoms with Gasteiger partial charge in [-0.05, 0) is 26.3 Å². The molecule has 1 aromatic rings. The summed E-state index contributed by atoms with van der Waals surface area (Å²) < 4.78 is 1.88. The highest BCUT2D eigenvalue weighted by atomic mass is 16.1. The van der Waals surface area contributed by atoms with Gasteiger partial charge in [0.2, 0.25) is 0 Å². The van der Waals surface area contributed by atoms with Gasteiger partial charge in [-0.25, -0.2) is 0 Å². The number of carbonyl (C=O) groups is 1. The van der Waals surface area contributed by atoms with Crippen LogP contribution in [0.2, 0.25) is 0 Å². The zero-order valence-corrected chi connectivity index (χ0v) is 8.61. The van der Waals surface area contributed by atoms with E-state index in [2.05, 4.69) is 25.9 Å². The topological polar surface area (TPSA) is 34.9 Å². The molecular formula is C10H16N2O. The van der Waals surface area contributed by atoms with Gasteiger partial charge in [-0.3, -0.25) is 4.68 Å². The van der Waals surface area contributed by atoms with E-state index in [1.54, 1.807) is 6.20 Å². The van der Waals surface area contributed by atoms with E-state index in [0.29, 0.717) is 0 Å². The maximum atomic E-state index is 10.5. The molecule has 3 nitrogen and oxygen atoms in total.